The number of aliphatic carboxylic acids is 1. The lowest BCUT2D eigenvalue weighted by atomic mass is 9.99. The lowest BCUT2D eigenvalue weighted by Gasteiger charge is -2.31. The number of benzene rings is 3. The van der Waals surface area contributed by atoms with Crippen LogP contribution in [-0.2, 0) is 38.1 Å². The largest absolute Gasteiger partial charge is 0.481 e. The van der Waals surface area contributed by atoms with E-state index in [1.807, 2.05) is 54.6 Å². The minimum Gasteiger partial charge on any atom is -0.481 e. The number of hydrogen-bond donors (Lipinski definition) is 2. The Balaban J connectivity index is 1.84. The lowest BCUT2D eigenvalue weighted by Crippen LogP contribution is -2.45. The zero-order valence-corrected chi connectivity index (χ0v) is 20.5. The Bertz CT molecular complexity index is 1120. The molecule has 0 unspecified atom stereocenters. The maximum atomic E-state index is 14.0. The molecule has 0 heterocycles. The molecule has 8 heteroatoms. The fourth-order valence-electron chi connectivity index (χ4n) is 3.83. The van der Waals surface area contributed by atoms with Crippen LogP contribution in [0.4, 0.5) is 4.79 Å². The molecule has 0 aromatic heterocycles. The zero-order chi connectivity index (χ0) is 25.1. The van der Waals surface area contributed by atoms with Gasteiger partial charge in [-0.25, -0.2) is 4.79 Å². The van der Waals surface area contributed by atoms with Gasteiger partial charge < -0.3 is 19.7 Å². The fraction of sp³-hybridized carbons (Fsp3) is 0.259. The summed E-state index contributed by atoms with van der Waals surface area (Å²) in [5.41, 5.74) is 2.46. The van der Waals surface area contributed by atoms with Gasteiger partial charge in [-0.2, -0.15) is 0 Å². The van der Waals surface area contributed by atoms with Crippen molar-refractivity contribution < 1.29 is 28.5 Å². The van der Waals surface area contributed by atoms with Crippen LogP contribution in [0.15, 0.2) is 91.0 Å². The number of aryl methyl sites for hydroxylation is 1. The van der Waals surface area contributed by atoms with Crippen molar-refractivity contribution in [3.63, 3.8) is 0 Å². The molecule has 184 valence electrons. The number of hydrogen-bond acceptors (Lipinski definition) is 5. The molecule has 0 aliphatic carbocycles. The molecule has 7 nitrogen and oxygen atoms in total. The molecule has 3 rings (SSSR count). The Kier molecular flexibility index (Phi) is 9.65. The standard InChI is InChI=1S/C27H30NO6P/c1-33-35(32,18-17-21-11-5-2-6-12-21)25(24(26(29)30)19-22-13-7-3-8-14-22)28-27(31)34-20-23-15-9-4-10-16-23/h2-16,24-25H,17-20H2,1H3,(H,28,31)(H,29,30)/t24-,25+,35-/m0/s1. The Hall–Kier alpha value is -3.41. The van der Waals surface area contributed by atoms with Crippen molar-refractivity contribution in [1.29, 1.82) is 0 Å². The van der Waals surface area contributed by atoms with Crippen molar-refractivity contribution in [2.75, 3.05) is 13.3 Å². The van der Waals surface area contributed by atoms with Crippen molar-refractivity contribution in [1.82, 2.24) is 5.32 Å². The number of ether oxygens (including phenoxy) is 1. The number of carboxylic acid groups (broad SMARTS) is 1. The fourth-order valence-corrected chi connectivity index (χ4v) is 6.18. The second kappa shape index (κ2) is 12.9. The zero-order valence-electron chi connectivity index (χ0n) is 19.6. The van der Waals surface area contributed by atoms with Crippen molar-refractivity contribution in [3.8, 4) is 0 Å². The van der Waals surface area contributed by atoms with Crippen LogP contribution in [0.1, 0.15) is 16.7 Å². The van der Waals surface area contributed by atoms with Crippen LogP contribution in [0.3, 0.4) is 0 Å². The van der Waals surface area contributed by atoms with Gasteiger partial charge in [0.05, 0.1) is 5.92 Å². The van der Waals surface area contributed by atoms with E-state index in [9.17, 15) is 19.3 Å². The van der Waals surface area contributed by atoms with Crippen LogP contribution in [0, 0.1) is 5.92 Å². The molecule has 0 saturated heterocycles. The summed E-state index contributed by atoms with van der Waals surface area (Å²) in [4.78, 5) is 25.1. The SMILES string of the molecule is CO[P@@](=O)(CCc1ccccc1)[C@@H](NC(=O)OCc1ccccc1)[C@H](Cc1ccccc1)C(=O)O. The summed E-state index contributed by atoms with van der Waals surface area (Å²) >= 11 is 0. The lowest BCUT2D eigenvalue weighted by molar-refractivity contribution is -0.142. The predicted molar refractivity (Wildman–Crippen MR) is 134 cm³/mol. The van der Waals surface area contributed by atoms with Crippen LogP contribution in [0.25, 0.3) is 0 Å². The summed E-state index contributed by atoms with van der Waals surface area (Å²) in [6, 6.07) is 27.6. The van der Waals surface area contributed by atoms with Crippen molar-refractivity contribution in [2.24, 2.45) is 5.92 Å². The average molecular weight is 496 g/mol. The number of amides is 1. The summed E-state index contributed by atoms with van der Waals surface area (Å²) in [6.07, 6.45) is -0.315. The number of alkyl carbamates (subject to hydrolysis) is 1. The summed E-state index contributed by atoms with van der Waals surface area (Å²) < 4.78 is 24.8. The minimum absolute atomic E-state index is 0.00286. The van der Waals surface area contributed by atoms with E-state index in [1.54, 1.807) is 36.4 Å². The van der Waals surface area contributed by atoms with E-state index in [1.165, 1.54) is 7.11 Å². The highest BCUT2D eigenvalue weighted by Gasteiger charge is 2.43. The quantitative estimate of drug-likeness (QED) is 0.329. The molecule has 1 amide bonds. The average Bonchev–Trinajstić information content (AvgIpc) is 2.89. The highest BCUT2D eigenvalue weighted by atomic mass is 31.2. The molecule has 0 aliphatic rings. The Morgan fingerprint density at radius 2 is 1.37 bits per heavy atom. The maximum absolute atomic E-state index is 14.0. The molecule has 0 bridgehead atoms. The van der Waals surface area contributed by atoms with E-state index >= 15 is 0 Å². The molecule has 3 aromatic rings. The topological polar surface area (TPSA) is 102 Å². The van der Waals surface area contributed by atoms with E-state index in [-0.39, 0.29) is 19.2 Å². The Morgan fingerprint density at radius 1 is 0.857 bits per heavy atom. The van der Waals surface area contributed by atoms with Crippen LogP contribution in [-0.4, -0.2) is 36.2 Å². The van der Waals surface area contributed by atoms with E-state index < -0.39 is 31.1 Å². The summed E-state index contributed by atoms with van der Waals surface area (Å²) in [7, 11) is -2.38. The highest BCUT2D eigenvalue weighted by molar-refractivity contribution is 7.59. The van der Waals surface area contributed by atoms with Crippen LogP contribution in [0.2, 0.25) is 0 Å². The number of rotatable bonds is 12. The summed E-state index contributed by atoms with van der Waals surface area (Å²) in [6.45, 7) is -0.00286. The summed E-state index contributed by atoms with van der Waals surface area (Å²) in [5.74, 6) is -3.65. The van der Waals surface area contributed by atoms with Crippen molar-refractivity contribution in [3.05, 3.63) is 108 Å². The molecular formula is C27H30NO6P. The van der Waals surface area contributed by atoms with E-state index in [0.717, 1.165) is 16.7 Å². The van der Waals surface area contributed by atoms with E-state index in [0.29, 0.717) is 6.42 Å². The number of nitrogens with one attached hydrogen (secondary N) is 1. The first-order valence-corrected chi connectivity index (χ1v) is 13.2. The van der Waals surface area contributed by atoms with Crippen LogP contribution >= 0.6 is 7.37 Å². The monoisotopic (exact) mass is 495 g/mol. The number of carboxylic acids is 1. The van der Waals surface area contributed by atoms with Gasteiger partial charge in [0.2, 0.25) is 7.37 Å². The third-order valence-electron chi connectivity index (χ3n) is 5.76. The predicted octanol–water partition coefficient (Wildman–Crippen LogP) is 5.35. The summed E-state index contributed by atoms with van der Waals surface area (Å²) in [5, 5.41) is 12.7. The van der Waals surface area contributed by atoms with Gasteiger partial charge in [-0.05, 0) is 29.5 Å². The molecule has 0 saturated carbocycles. The number of carbonyl (C=O) groups is 2. The molecule has 3 aromatic carbocycles. The molecule has 2 N–H and O–H groups in total. The van der Waals surface area contributed by atoms with Crippen molar-refractivity contribution in [2.45, 2.75) is 25.2 Å². The van der Waals surface area contributed by atoms with Gasteiger partial charge in [0.25, 0.3) is 0 Å². The first-order valence-electron chi connectivity index (χ1n) is 11.3. The van der Waals surface area contributed by atoms with E-state index in [2.05, 4.69) is 5.32 Å². The van der Waals surface area contributed by atoms with Crippen molar-refractivity contribution >= 4 is 19.4 Å². The van der Waals surface area contributed by atoms with Crippen LogP contribution < -0.4 is 5.32 Å². The van der Waals surface area contributed by atoms with Gasteiger partial charge in [0.15, 0.2) is 0 Å². The first kappa shape index (κ1) is 26.2. The van der Waals surface area contributed by atoms with Gasteiger partial charge in [0, 0.05) is 13.3 Å². The third kappa shape index (κ3) is 7.81. The molecule has 0 spiro atoms. The van der Waals surface area contributed by atoms with Gasteiger partial charge >= 0.3 is 12.1 Å². The third-order valence-corrected chi connectivity index (χ3v) is 8.56. The highest BCUT2D eigenvalue weighted by Crippen LogP contribution is 2.53. The van der Waals surface area contributed by atoms with Crippen LogP contribution in [0.5, 0.6) is 0 Å². The van der Waals surface area contributed by atoms with E-state index in [4.69, 9.17) is 9.26 Å². The Labute approximate surface area is 205 Å². The van der Waals surface area contributed by atoms with Gasteiger partial charge in [0.1, 0.15) is 12.4 Å². The number of carbonyl (C=O) groups excluding carboxylic acids is 1. The Morgan fingerprint density at radius 3 is 1.89 bits per heavy atom. The smallest absolute Gasteiger partial charge is 0.408 e. The molecule has 0 radical (unpaired) electrons. The van der Waals surface area contributed by atoms with Gasteiger partial charge in [-0.15, -0.1) is 0 Å². The molecular weight excluding hydrogens is 465 g/mol. The molecule has 0 fully saturated rings. The first-order chi connectivity index (χ1) is 16.9. The maximum Gasteiger partial charge on any atom is 0.408 e. The molecule has 3 atom stereocenters. The molecule has 35 heavy (non-hydrogen) atoms. The van der Waals surface area contributed by atoms with Gasteiger partial charge in [-0.1, -0.05) is 91.0 Å². The minimum atomic E-state index is -3.67. The second-order valence-corrected chi connectivity index (χ2v) is 11.0. The van der Waals surface area contributed by atoms with Gasteiger partial charge in [-0.3, -0.25) is 9.36 Å². The molecule has 0 aliphatic heterocycles. The normalized spacial score (nSPS) is 14.3. The second-order valence-electron chi connectivity index (χ2n) is 8.15.